The third-order valence-electron chi connectivity index (χ3n) is 8.12. The summed E-state index contributed by atoms with van der Waals surface area (Å²) in [6.07, 6.45) is 7.55. The number of aliphatic hydroxyl groups is 1. The van der Waals surface area contributed by atoms with E-state index in [2.05, 4.69) is 19.8 Å². The predicted octanol–water partition coefficient (Wildman–Crippen LogP) is 4.51. The molecule has 0 radical (unpaired) electrons. The van der Waals surface area contributed by atoms with Crippen LogP contribution in [0.5, 0.6) is 11.5 Å². The number of methoxy groups -OCH3 is 1. The van der Waals surface area contributed by atoms with Crippen LogP contribution in [0.4, 0.5) is 0 Å². The van der Waals surface area contributed by atoms with Crippen LogP contribution in [0.15, 0.2) is 24.3 Å². The lowest BCUT2D eigenvalue weighted by molar-refractivity contribution is -0.142. The first-order valence-corrected chi connectivity index (χ1v) is 13.1. The number of hydrogen-bond acceptors (Lipinski definition) is 6. The van der Waals surface area contributed by atoms with Gasteiger partial charge >= 0.3 is 0 Å². The van der Waals surface area contributed by atoms with E-state index in [1.807, 2.05) is 31.2 Å². The van der Waals surface area contributed by atoms with Gasteiger partial charge in [0.15, 0.2) is 0 Å². The molecule has 0 saturated heterocycles. The second-order valence-corrected chi connectivity index (χ2v) is 11.6. The van der Waals surface area contributed by atoms with Gasteiger partial charge in [0.2, 0.25) is 5.91 Å². The van der Waals surface area contributed by atoms with Crippen molar-refractivity contribution >= 4 is 17.2 Å². The molecule has 2 aliphatic carbocycles. The number of nitrogens with zero attached hydrogens (tertiary/aromatic N) is 2. The maximum Gasteiger partial charge on any atom is 0.226 e. The topological polar surface area (TPSA) is 71.9 Å². The van der Waals surface area contributed by atoms with Crippen LogP contribution in [0.2, 0.25) is 0 Å². The van der Waals surface area contributed by atoms with Crippen LogP contribution in [0, 0.1) is 35.5 Å². The molecule has 188 valence electrons. The van der Waals surface area contributed by atoms with Crippen molar-refractivity contribution in [1.29, 1.82) is 0 Å². The zero-order valence-electron chi connectivity index (χ0n) is 21.3. The third kappa shape index (κ3) is 4.92. The third-order valence-corrected chi connectivity index (χ3v) is 9.17. The molecule has 0 aliphatic heterocycles. The highest BCUT2D eigenvalue weighted by atomic mass is 32.1. The van der Waals surface area contributed by atoms with Gasteiger partial charge in [-0.05, 0) is 60.8 Å². The lowest BCUT2D eigenvalue weighted by Gasteiger charge is -2.53. The molecule has 7 heteroatoms. The number of ether oxygens (including phenoxy) is 2. The zero-order valence-corrected chi connectivity index (χ0v) is 22.1. The number of amides is 1. The summed E-state index contributed by atoms with van der Waals surface area (Å²) >= 11 is 1.72. The predicted molar refractivity (Wildman–Crippen MR) is 138 cm³/mol. The summed E-state index contributed by atoms with van der Waals surface area (Å²) in [5.74, 6) is 3.92. The zero-order chi connectivity index (χ0) is 25.3. The Morgan fingerprint density at radius 2 is 2.06 bits per heavy atom. The average Bonchev–Trinajstić information content (AvgIpc) is 3.25. The van der Waals surface area contributed by atoms with Crippen LogP contribution in [0.3, 0.4) is 0 Å². The summed E-state index contributed by atoms with van der Waals surface area (Å²) < 4.78 is 11.2. The molecule has 4 rings (SSSR count). The van der Waals surface area contributed by atoms with E-state index in [1.165, 1.54) is 4.88 Å². The van der Waals surface area contributed by atoms with Crippen LogP contribution in [0.1, 0.15) is 55.1 Å². The summed E-state index contributed by atoms with van der Waals surface area (Å²) in [6.45, 7) is 7.10. The standard InChI is InChI=1S/C28H36N2O4S/c1-7-14-30(5)27(32)17(2)21-12-13-28(4)15-22-25(18(3)24(28)26(21)31)29-23(35-22)16-34-20-10-8-19(33-6)9-11-20/h1,8-11,17-18,21,24,26,31H,12-16H2,2-6H3/t17-,18+,21+,24+,26-,28+/m0/s1. The monoisotopic (exact) mass is 496 g/mol. The van der Waals surface area contributed by atoms with Crippen molar-refractivity contribution in [3.8, 4) is 23.8 Å². The highest BCUT2D eigenvalue weighted by Gasteiger charge is 2.54. The van der Waals surface area contributed by atoms with Gasteiger partial charge in [-0.1, -0.05) is 26.7 Å². The fourth-order valence-electron chi connectivity index (χ4n) is 6.22. The summed E-state index contributed by atoms with van der Waals surface area (Å²) in [6, 6.07) is 7.54. The number of terminal acetylenes is 1. The smallest absolute Gasteiger partial charge is 0.226 e. The largest absolute Gasteiger partial charge is 0.497 e. The van der Waals surface area contributed by atoms with Gasteiger partial charge in [-0.25, -0.2) is 4.98 Å². The molecule has 1 amide bonds. The van der Waals surface area contributed by atoms with Crippen LogP contribution >= 0.6 is 11.3 Å². The Balaban J connectivity index is 1.49. The van der Waals surface area contributed by atoms with Gasteiger partial charge in [-0.3, -0.25) is 4.79 Å². The van der Waals surface area contributed by atoms with Crippen molar-refractivity contribution in [2.45, 2.75) is 58.7 Å². The summed E-state index contributed by atoms with van der Waals surface area (Å²) in [4.78, 5) is 20.8. The molecule has 1 N–H and O–H groups in total. The Labute approximate surface area is 212 Å². The van der Waals surface area contributed by atoms with Gasteiger partial charge in [0.25, 0.3) is 0 Å². The molecule has 1 saturated carbocycles. The molecule has 1 aromatic carbocycles. The second-order valence-electron chi connectivity index (χ2n) is 10.4. The molecular weight excluding hydrogens is 460 g/mol. The van der Waals surface area contributed by atoms with Crippen molar-refractivity contribution in [3.05, 3.63) is 39.8 Å². The molecule has 1 aromatic heterocycles. The van der Waals surface area contributed by atoms with Crippen LogP contribution in [-0.2, 0) is 17.8 Å². The van der Waals surface area contributed by atoms with Crippen molar-refractivity contribution in [2.24, 2.45) is 23.2 Å². The molecule has 2 aliphatic rings. The number of hydrogen-bond donors (Lipinski definition) is 1. The van der Waals surface area contributed by atoms with E-state index in [9.17, 15) is 9.90 Å². The van der Waals surface area contributed by atoms with Crippen LogP contribution < -0.4 is 9.47 Å². The minimum atomic E-state index is -0.559. The normalized spacial score (nSPS) is 28.3. The molecule has 0 unspecified atom stereocenters. The number of thiazole rings is 1. The number of carbonyl (C=O) groups excluding carboxylic acids is 1. The van der Waals surface area contributed by atoms with Gasteiger partial charge < -0.3 is 19.5 Å². The quantitative estimate of drug-likeness (QED) is 0.571. The minimum Gasteiger partial charge on any atom is -0.497 e. The lowest BCUT2D eigenvalue weighted by atomic mass is 9.53. The SMILES string of the molecule is C#CCN(C)C(=O)[C@@H](C)[C@H]1CC[C@]2(C)Cc3sc(COc4ccc(OC)cc4)nc3[C@H](C)[C@@H]2[C@H]1O. The first-order chi connectivity index (χ1) is 16.7. The molecule has 0 bridgehead atoms. The summed E-state index contributed by atoms with van der Waals surface area (Å²) in [5.41, 5.74) is 1.06. The number of aliphatic hydroxyl groups excluding tert-OH is 1. The van der Waals surface area contributed by atoms with E-state index in [0.717, 1.165) is 41.5 Å². The Morgan fingerprint density at radius 1 is 1.37 bits per heavy atom. The Hall–Kier alpha value is -2.56. The van der Waals surface area contributed by atoms with Gasteiger partial charge in [-0.2, -0.15) is 0 Å². The minimum absolute atomic E-state index is 0.00591. The van der Waals surface area contributed by atoms with E-state index in [1.54, 1.807) is 30.4 Å². The van der Waals surface area contributed by atoms with E-state index >= 15 is 0 Å². The number of carbonyl (C=O) groups is 1. The number of aromatic nitrogens is 1. The number of rotatable bonds is 7. The Morgan fingerprint density at radius 3 is 2.71 bits per heavy atom. The Kier molecular flexibility index (Phi) is 7.44. The molecule has 35 heavy (non-hydrogen) atoms. The van der Waals surface area contributed by atoms with Gasteiger partial charge in [0.1, 0.15) is 23.1 Å². The number of benzene rings is 1. The first kappa shape index (κ1) is 25.5. The van der Waals surface area contributed by atoms with Crippen molar-refractivity contribution in [3.63, 3.8) is 0 Å². The maximum atomic E-state index is 12.9. The van der Waals surface area contributed by atoms with Gasteiger partial charge in [0, 0.05) is 23.8 Å². The van der Waals surface area contributed by atoms with E-state index in [4.69, 9.17) is 20.9 Å². The lowest BCUT2D eigenvalue weighted by Crippen LogP contribution is -2.53. The fraction of sp³-hybridized carbons (Fsp3) is 0.571. The van der Waals surface area contributed by atoms with Gasteiger partial charge in [-0.15, -0.1) is 17.8 Å². The summed E-state index contributed by atoms with van der Waals surface area (Å²) in [7, 11) is 3.38. The van der Waals surface area contributed by atoms with E-state index < -0.39 is 6.10 Å². The van der Waals surface area contributed by atoms with Crippen molar-refractivity contribution in [2.75, 3.05) is 20.7 Å². The molecule has 0 spiro atoms. The molecular formula is C28H36N2O4S. The van der Waals surface area contributed by atoms with Crippen LogP contribution in [-0.4, -0.2) is 47.7 Å². The Bertz CT molecular complexity index is 1090. The molecule has 6 nitrogen and oxygen atoms in total. The average molecular weight is 497 g/mol. The van der Waals surface area contributed by atoms with Crippen molar-refractivity contribution in [1.82, 2.24) is 9.88 Å². The molecule has 1 fully saturated rings. The maximum absolute atomic E-state index is 12.9. The van der Waals surface area contributed by atoms with E-state index in [-0.39, 0.29) is 41.5 Å². The van der Waals surface area contributed by atoms with Crippen molar-refractivity contribution < 1.29 is 19.4 Å². The fourth-order valence-corrected chi connectivity index (χ4v) is 7.51. The van der Waals surface area contributed by atoms with Crippen LogP contribution in [0.25, 0.3) is 0 Å². The highest BCUT2D eigenvalue weighted by Crippen LogP contribution is 2.57. The molecule has 1 heterocycles. The summed E-state index contributed by atoms with van der Waals surface area (Å²) in [5, 5.41) is 12.5. The number of fused-ring (bicyclic) bond motifs is 2. The van der Waals surface area contributed by atoms with E-state index in [0.29, 0.717) is 6.61 Å². The first-order valence-electron chi connectivity index (χ1n) is 12.3. The molecule has 6 atom stereocenters. The molecule has 2 aromatic rings. The highest BCUT2D eigenvalue weighted by molar-refractivity contribution is 7.11. The van der Waals surface area contributed by atoms with Gasteiger partial charge in [0.05, 0.1) is 25.5 Å². The second kappa shape index (κ2) is 10.2.